The predicted molar refractivity (Wildman–Crippen MR) is 38.6 cm³/mol. The Morgan fingerprint density at radius 3 is 1.55 bits per heavy atom. The third-order valence-corrected chi connectivity index (χ3v) is 0.887. The zero-order valence-electron chi connectivity index (χ0n) is 6.82. The molecule has 0 aliphatic rings. The van der Waals surface area contributed by atoms with E-state index in [1.54, 1.807) is 6.92 Å². The van der Waals surface area contributed by atoms with Crippen molar-refractivity contribution in [1.29, 1.82) is 0 Å². The Hall–Kier alpha value is -0.200. The smallest absolute Gasteiger partial charge is 0.277 e. The van der Waals surface area contributed by atoms with Gasteiger partial charge in [-0.1, -0.05) is 6.92 Å². The number of rotatable bonds is 3. The Morgan fingerprint density at radius 1 is 1.18 bits per heavy atom. The monoisotopic (exact) mass is 168 g/mol. The molecule has 0 rings (SSSR count). The SMILES string of the molecule is CCC(O)(O)OC.OCCO. The molecule has 4 N–H and O–H groups in total. The van der Waals surface area contributed by atoms with E-state index in [-0.39, 0.29) is 19.6 Å². The molecule has 5 heteroatoms. The van der Waals surface area contributed by atoms with Crippen LogP contribution >= 0.6 is 0 Å². The van der Waals surface area contributed by atoms with E-state index in [1.165, 1.54) is 7.11 Å². The van der Waals surface area contributed by atoms with Crippen LogP contribution in [-0.2, 0) is 4.74 Å². The van der Waals surface area contributed by atoms with E-state index in [0.29, 0.717) is 0 Å². The summed E-state index contributed by atoms with van der Waals surface area (Å²) in [6.45, 7) is 1.36. The van der Waals surface area contributed by atoms with E-state index in [2.05, 4.69) is 4.74 Å². The van der Waals surface area contributed by atoms with Gasteiger partial charge >= 0.3 is 0 Å². The summed E-state index contributed by atoms with van der Waals surface area (Å²) in [4.78, 5) is 0. The third-order valence-electron chi connectivity index (χ3n) is 0.887. The van der Waals surface area contributed by atoms with Crippen molar-refractivity contribution < 1.29 is 25.2 Å². The molecule has 0 aliphatic heterocycles. The maximum absolute atomic E-state index is 8.47. The molecule has 0 saturated carbocycles. The first kappa shape index (κ1) is 13.4. The van der Waals surface area contributed by atoms with Crippen molar-refractivity contribution in [3.63, 3.8) is 0 Å². The molecular weight excluding hydrogens is 152 g/mol. The molecule has 0 aromatic heterocycles. The van der Waals surface area contributed by atoms with Gasteiger partial charge in [0, 0.05) is 13.5 Å². The van der Waals surface area contributed by atoms with Gasteiger partial charge in [0.15, 0.2) is 0 Å². The summed E-state index contributed by atoms with van der Waals surface area (Å²) in [7, 11) is 1.24. The van der Waals surface area contributed by atoms with Crippen molar-refractivity contribution in [2.24, 2.45) is 0 Å². The molecule has 0 heterocycles. The summed E-state index contributed by atoms with van der Waals surface area (Å²) >= 11 is 0. The van der Waals surface area contributed by atoms with Crippen molar-refractivity contribution >= 4 is 0 Å². The van der Waals surface area contributed by atoms with E-state index in [9.17, 15) is 0 Å². The first-order chi connectivity index (χ1) is 5.04. The summed E-state index contributed by atoms with van der Waals surface area (Å²) in [6, 6.07) is 0. The van der Waals surface area contributed by atoms with Crippen LogP contribution in [0.15, 0.2) is 0 Å². The van der Waals surface area contributed by atoms with Crippen LogP contribution in [0.4, 0.5) is 0 Å². The lowest BCUT2D eigenvalue weighted by atomic mass is 10.4. The summed E-state index contributed by atoms with van der Waals surface area (Å²) in [5.74, 6) is -1.92. The minimum atomic E-state index is -1.92. The number of ether oxygens (including phenoxy) is 1. The number of hydrogen-bond donors (Lipinski definition) is 4. The Balaban J connectivity index is 0. The first-order valence-electron chi connectivity index (χ1n) is 3.25. The molecule has 70 valence electrons. The molecule has 0 radical (unpaired) electrons. The largest absolute Gasteiger partial charge is 0.394 e. The lowest BCUT2D eigenvalue weighted by Gasteiger charge is -2.15. The van der Waals surface area contributed by atoms with Gasteiger partial charge in [0.25, 0.3) is 5.97 Å². The summed E-state index contributed by atoms with van der Waals surface area (Å²) in [6.07, 6.45) is 0.184. The second kappa shape index (κ2) is 7.90. The van der Waals surface area contributed by atoms with E-state index in [4.69, 9.17) is 20.4 Å². The lowest BCUT2D eigenvalue weighted by Crippen LogP contribution is -2.28. The molecule has 0 unspecified atom stereocenters. The topological polar surface area (TPSA) is 90.2 Å². The zero-order chi connectivity index (χ0) is 9.33. The van der Waals surface area contributed by atoms with Crippen LogP contribution in [0.5, 0.6) is 0 Å². The number of aliphatic hydroxyl groups is 4. The maximum Gasteiger partial charge on any atom is 0.277 e. The highest BCUT2D eigenvalue weighted by Crippen LogP contribution is 2.02. The number of aliphatic hydroxyl groups excluding tert-OH is 2. The lowest BCUT2D eigenvalue weighted by molar-refractivity contribution is -0.326. The summed E-state index contributed by atoms with van der Waals surface area (Å²) in [5.41, 5.74) is 0. The van der Waals surface area contributed by atoms with Crippen molar-refractivity contribution in [3.05, 3.63) is 0 Å². The highest BCUT2D eigenvalue weighted by atomic mass is 16.8. The third kappa shape index (κ3) is 12.9. The molecule has 0 atom stereocenters. The van der Waals surface area contributed by atoms with E-state index in [1.807, 2.05) is 0 Å². The minimum absolute atomic E-state index is 0.125. The number of hydrogen-bond acceptors (Lipinski definition) is 5. The van der Waals surface area contributed by atoms with Gasteiger partial charge in [-0.3, -0.25) is 0 Å². The molecule has 0 saturated heterocycles. The molecular formula is C6H16O5. The Labute approximate surface area is 65.9 Å². The fourth-order valence-electron chi connectivity index (χ4n) is 0.144. The van der Waals surface area contributed by atoms with Crippen molar-refractivity contribution in [1.82, 2.24) is 0 Å². The van der Waals surface area contributed by atoms with Gasteiger partial charge in [0.05, 0.1) is 13.2 Å². The summed E-state index contributed by atoms with van der Waals surface area (Å²) < 4.78 is 4.20. The van der Waals surface area contributed by atoms with Crippen molar-refractivity contribution in [2.75, 3.05) is 20.3 Å². The Bertz CT molecular complexity index is 65.4. The van der Waals surface area contributed by atoms with Crippen LogP contribution in [-0.4, -0.2) is 46.7 Å². The quantitative estimate of drug-likeness (QED) is 0.391. The molecule has 0 fully saturated rings. The number of methoxy groups -OCH3 is 1. The molecule has 0 aromatic carbocycles. The van der Waals surface area contributed by atoms with Crippen LogP contribution in [0.2, 0.25) is 0 Å². The van der Waals surface area contributed by atoms with Gasteiger partial charge in [-0.2, -0.15) is 0 Å². The van der Waals surface area contributed by atoms with E-state index < -0.39 is 5.97 Å². The van der Waals surface area contributed by atoms with Gasteiger partial charge in [-0.05, 0) is 0 Å². The molecule has 0 spiro atoms. The normalized spacial score (nSPS) is 10.4. The highest BCUT2D eigenvalue weighted by Gasteiger charge is 2.17. The summed E-state index contributed by atoms with van der Waals surface area (Å²) in [5, 5.41) is 32.2. The standard InChI is InChI=1S/C4H10O3.C2H6O2/c1-3-4(5,6)7-2;3-1-2-4/h5-6H,3H2,1-2H3;3-4H,1-2H2. The Kier molecular flexibility index (Phi) is 9.62. The molecule has 11 heavy (non-hydrogen) atoms. The molecule has 0 bridgehead atoms. The van der Waals surface area contributed by atoms with Crippen LogP contribution < -0.4 is 0 Å². The average molecular weight is 168 g/mol. The predicted octanol–water partition coefficient (Wildman–Crippen LogP) is -1.35. The van der Waals surface area contributed by atoms with E-state index >= 15 is 0 Å². The molecule has 0 aliphatic carbocycles. The Morgan fingerprint density at radius 2 is 1.55 bits per heavy atom. The molecule has 0 aromatic rings. The second-order valence-corrected chi connectivity index (χ2v) is 1.75. The molecule has 5 nitrogen and oxygen atoms in total. The van der Waals surface area contributed by atoms with Crippen LogP contribution in [0.25, 0.3) is 0 Å². The van der Waals surface area contributed by atoms with E-state index in [0.717, 1.165) is 0 Å². The van der Waals surface area contributed by atoms with Gasteiger partial charge in [-0.25, -0.2) is 0 Å². The highest BCUT2D eigenvalue weighted by molar-refractivity contribution is 4.40. The van der Waals surface area contributed by atoms with Crippen LogP contribution in [0.1, 0.15) is 13.3 Å². The van der Waals surface area contributed by atoms with Gasteiger partial charge in [0.2, 0.25) is 0 Å². The zero-order valence-corrected chi connectivity index (χ0v) is 6.82. The second-order valence-electron chi connectivity index (χ2n) is 1.75. The fourth-order valence-corrected chi connectivity index (χ4v) is 0.144. The fraction of sp³-hybridized carbons (Fsp3) is 1.00. The van der Waals surface area contributed by atoms with Crippen LogP contribution in [0.3, 0.4) is 0 Å². The van der Waals surface area contributed by atoms with Gasteiger partial charge in [-0.15, -0.1) is 0 Å². The maximum atomic E-state index is 8.47. The minimum Gasteiger partial charge on any atom is -0.394 e. The average Bonchev–Trinajstić information content (AvgIpc) is 2.05. The van der Waals surface area contributed by atoms with Gasteiger partial charge in [0.1, 0.15) is 0 Å². The van der Waals surface area contributed by atoms with Gasteiger partial charge < -0.3 is 25.2 Å². The molecule has 0 amide bonds. The first-order valence-corrected chi connectivity index (χ1v) is 3.25. The van der Waals surface area contributed by atoms with Crippen LogP contribution in [0, 0.1) is 0 Å². The van der Waals surface area contributed by atoms with Crippen molar-refractivity contribution in [3.8, 4) is 0 Å². The van der Waals surface area contributed by atoms with Crippen molar-refractivity contribution in [2.45, 2.75) is 19.3 Å².